The highest BCUT2D eigenvalue weighted by Crippen LogP contribution is 2.33. The van der Waals surface area contributed by atoms with Crippen molar-refractivity contribution in [1.29, 1.82) is 0 Å². The minimum Gasteiger partial charge on any atom is -0.458 e. The molecular weight excluding hydrogens is 397 g/mol. The van der Waals surface area contributed by atoms with Crippen molar-refractivity contribution in [2.45, 2.75) is 19.4 Å². The van der Waals surface area contributed by atoms with Crippen LogP contribution in [-0.2, 0) is 0 Å². The SMILES string of the molecule is CC[C@H](Nc1ncnc2nc[nH]c12)c1oc2ccccc2c(=O)c1-c1cccc(F)c1. The lowest BCUT2D eigenvalue weighted by molar-refractivity contribution is 0.495. The molecule has 0 saturated carbocycles. The van der Waals surface area contributed by atoms with Gasteiger partial charge in [-0.2, -0.15) is 0 Å². The zero-order chi connectivity index (χ0) is 21.4. The molecule has 0 spiro atoms. The number of para-hydroxylation sites is 1. The van der Waals surface area contributed by atoms with Crippen LogP contribution < -0.4 is 10.7 Å². The van der Waals surface area contributed by atoms with E-state index in [9.17, 15) is 9.18 Å². The van der Waals surface area contributed by atoms with E-state index in [1.807, 2.05) is 13.0 Å². The van der Waals surface area contributed by atoms with E-state index in [0.717, 1.165) is 0 Å². The summed E-state index contributed by atoms with van der Waals surface area (Å²) in [5, 5.41) is 3.78. The molecule has 0 fully saturated rings. The van der Waals surface area contributed by atoms with Crippen LogP contribution in [0.5, 0.6) is 0 Å². The maximum atomic E-state index is 14.0. The van der Waals surface area contributed by atoms with E-state index in [1.165, 1.54) is 18.5 Å². The van der Waals surface area contributed by atoms with Crippen LogP contribution in [0, 0.1) is 5.82 Å². The molecular formula is C23H18FN5O2. The van der Waals surface area contributed by atoms with Crippen LogP contribution in [-0.4, -0.2) is 19.9 Å². The average Bonchev–Trinajstić information content (AvgIpc) is 3.27. The Bertz CT molecular complexity index is 1460. The van der Waals surface area contributed by atoms with Gasteiger partial charge in [-0.1, -0.05) is 31.2 Å². The molecule has 3 aromatic heterocycles. The fraction of sp³-hybridized carbons (Fsp3) is 0.130. The van der Waals surface area contributed by atoms with Gasteiger partial charge in [-0.15, -0.1) is 0 Å². The molecule has 0 bridgehead atoms. The second-order valence-corrected chi connectivity index (χ2v) is 7.11. The van der Waals surface area contributed by atoms with Crippen molar-refractivity contribution in [3.05, 3.63) is 83.0 Å². The van der Waals surface area contributed by atoms with Gasteiger partial charge in [0.25, 0.3) is 0 Å². The lowest BCUT2D eigenvalue weighted by Gasteiger charge is -2.20. The van der Waals surface area contributed by atoms with E-state index in [4.69, 9.17) is 4.42 Å². The van der Waals surface area contributed by atoms with Gasteiger partial charge in [0.2, 0.25) is 5.43 Å². The molecule has 31 heavy (non-hydrogen) atoms. The van der Waals surface area contributed by atoms with Gasteiger partial charge in [0.05, 0.1) is 23.3 Å². The second kappa shape index (κ2) is 7.64. The Morgan fingerprint density at radius 3 is 2.84 bits per heavy atom. The average molecular weight is 415 g/mol. The van der Waals surface area contributed by atoms with E-state index in [1.54, 1.807) is 36.7 Å². The van der Waals surface area contributed by atoms with Gasteiger partial charge >= 0.3 is 0 Å². The summed E-state index contributed by atoms with van der Waals surface area (Å²) in [6.07, 6.45) is 3.55. The van der Waals surface area contributed by atoms with Crippen molar-refractivity contribution in [3.8, 4) is 11.1 Å². The molecule has 3 heterocycles. The highest BCUT2D eigenvalue weighted by Gasteiger charge is 2.24. The van der Waals surface area contributed by atoms with Gasteiger partial charge in [0.1, 0.15) is 29.0 Å². The number of aromatic amines is 1. The van der Waals surface area contributed by atoms with Crippen LogP contribution in [0.4, 0.5) is 10.2 Å². The summed E-state index contributed by atoms with van der Waals surface area (Å²) in [5.74, 6) is 0.533. The van der Waals surface area contributed by atoms with E-state index in [0.29, 0.717) is 51.3 Å². The summed E-state index contributed by atoms with van der Waals surface area (Å²) in [4.78, 5) is 29.1. The molecule has 8 heteroatoms. The van der Waals surface area contributed by atoms with E-state index < -0.39 is 11.9 Å². The number of imidazole rings is 1. The third kappa shape index (κ3) is 3.31. The first kappa shape index (κ1) is 18.9. The van der Waals surface area contributed by atoms with Gasteiger partial charge in [0.15, 0.2) is 11.5 Å². The highest BCUT2D eigenvalue weighted by molar-refractivity contribution is 5.84. The lowest BCUT2D eigenvalue weighted by Crippen LogP contribution is -2.17. The van der Waals surface area contributed by atoms with Gasteiger partial charge in [-0.05, 0) is 36.2 Å². The number of hydrogen-bond acceptors (Lipinski definition) is 6. The summed E-state index contributed by atoms with van der Waals surface area (Å²) >= 11 is 0. The van der Waals surface area contributed by atoms with Crippen molar-refractivity contribution in [1.82, 2.24) is 19.9 Å². The first-order valence-electron chi connectivity index (χ1n) is 9.88. The fourth-order valence-electron chi connectivity index (χ4n) is 3.71. The topological polar surface area (TPSA) is 96.7 Å². The number of nitrogens with one attached hydrogen (secondary N) is 2. The van der Waals surface area contributed by atoms with Crippen molar-refractivity contribution in [3.63, 3.8) is 0 Å². The third-order valence-electron chi connectivity index (χ3n) is 5.20. The summed E-state index contributed by atoms with van der Waals surface area (Å²) < 4.78 is 20.3. The zero-order valence-corrected chi connectivity index (χ0v) is 16.6. The monoisotopic (exact) mass is 415 g/mol. The standard InChI is InChI=1S/C23H18FN5O2/c1-2-16(29-23-19-22(26-11-25-19)27-12-28-23)21-18(13-6-5-7-14(24)10-13)20(30)15-8-3-4-9-17(15)31-21/h3-12,16H,2H2,1H3,(H2,25,26,27,28,29)/t16-/m0/s1. The van der Waals surface area contributed by atoms with Crippen LogP contribution in [0.15, 0.2) is 70.4 Å². The Balaban J connectivity index is 1.72. The number of benzene rings is 2. The van der Waals surface area contributed by atoms with Crippen molar-refractivity contribution >= 4 is 28.0 Å². The summed E-state index contributed by atoms with van der Waals surface area (Å²) in [7, 11) is 0. The number of aromatic nitrogens is 4. The predicted molar refractivity (Wildman–Crippen MR) is 116 cm³/mol. The maximum absolute atomic E-state index is 14.0. The minimum absolute atomic E-state index is 0.211. The first-order valence-corrected chi connectivity index (χ1v) is 9.88. The fourth-order valence-corrected chi connectivity index (χ4v) is 3.71. The number of halogens is 1. The van der Waals surface area contributed by atoms with E-state index >= 15 is 0 Å². The molecule has 5 rings (SSSR count). The molecule has 0 saturated heterocycles. The van der Waals surface area contributed by atoms with Crippen LogP contribution in [0.3, 0.4) is 0 Å². The minimum atomic E-state index is -0.424. The molecule has 2 N–H and O–H groups in total. The van der Waals surface area contributed by atoms with Crippen molar-refractivity contribution in [2.24, 2.45) is 0 Å². The molecule has 0 aliphatic rings. The summed E-state index contributed by atoms with van der Waals surface area (Å²) in [6, 6.07) is 12.6. The van der Waals surface area contributed by atoms with Crippen LogP contribution in [0.25, 0.3) is 33.3 Å². The first-order chi connectivity index (χ1) is 15.2. The quantitative estimate of drug-likeness (QED) is 0.427. The molecule has 7 nitrogen and oxygen atoms in total. The molecule has 0 aliphatic carbocycles. The largest absolute Gasteiger partial charge is 0.458 e. The van der Waals surface area contributed by atoms with Gasteiger partial charge in [-0.25, -0.2) is 19.3 Å². The van der Waals surface area contributed by atoms with Gasteiger partial charge in [0, 0.05) is 0 Å². The number of nitrogens with zero attached hydrogens (tertiary/aromatic N) is 3. The van der Waals surface area contributed by atoms with Crippen LogP contribution in [0.1, 0.15) is 25.1 Å². The number of anilines is 1. The number of H-pyrrole nitrogens is 1. The van der Waals surface area contributed by atoms with Crippen LogP contribution >= 0.6 is 0 Å². The van der Waals surface area contributed by atoms with Crippen molar-refractivity contribution < 1.29 is 8.81 Å². The second-order valence-electron chi connectivity index (χ2n) is 7.11. The molecule has 0 unspecified atom stereocenters. The molecule has 154 valence electrons. The highest BCUT2D eigenvalue weighted by atomic mass is 19.1. The van der Waals surface area contributed by atoms with Crippen LogP contribution in [0.2, 0.25) is 0 Å². The number of fused-ring (bicyclic) bond motifs is 2. The Hall–Kier alpha value is -4.07. The molecule has 5 aromatic rings. The maximum Gasteiger partial charge on any atom is 0.200 e. The zero-order valence-electron chi connectivity index (χ0n) is 16.6. The Labute approximate surface area is 176 Å². The number of hydrogen-bond donors (Lipinski definition) is 2. The van der Waals surface area contributed by atoms with Crippen molar-refractivity contribution in [2.75, 3.05) is 5.32 Å². The molecule has 0 radical (unpaired) electrons. The predicted octanol–water partition coefficient (Wildman–Crippen LogP) is 4.83. The third-order valence-corrected chi connectivity index (χ3v) is 5.20. The van der Waals surface area contributed by atoms with E-state index in [2.05, 4.69) is 25.3 Å². The Kier molecular flexibility index (Phi) is 4.66. The molecule has 1 atom stereocenters. The normalized spacial score (nSPS) is 12.3. The molecule has 0 aliphatic heterocycles. The Morgan fingerprint density at radius 1 is 1.13 bits per heavy atom. The van der Waals surface area contributed by atoms with E-state index in [-0.39, 0.29) is 5.43 Å². The Morgan fingerprint density at radius 2 is 2.00 bits per heavy atom. The smallest absolute Gasteiger partial charge is 0.200 e. The van der Waals surface area contributed by atoms with Gasteiger partial charge < -0.3 is 14.7 Å². The molecule has 2 aromatic carbocycles. The number of rotatable bonds is 5. The molecule has 0 amide bonds. The summed E-state index contributed by atoms with van der Waals surface area (Å²) in [5.41, 5.74) is 2.22. The van der Waals surface area contributed by atoms with Gasteiger partial charge in [-0.3, -0.25) is 4.79 Å². The summed E-state index contributed by atoms with van der Waals surface area (Å²) in [6.45, 7) is 1.97. The lowest BCUT2D eigenvalue weighted by atomic mass is 9.97.